The van der Waals surface area contributed by atoms with Crippen LogP contribution in [-0.4, -0.2) is 19.7 Å². The molecule has 3 rings (SSSR count). The third-order valence-electron chi connectivity index (χ3n) is 4.37. The van der Waals surface area contributed by atoms with E-state index in [1.54, 1.807) is 7.11 Å². The highest BCUT2D eigenvalue weighted by atomic mass is 16.5. The van der Waals surface area contributed by atoms with Gasteiger partial charge in [0.1, 0.15) is 5.75 Å². The summed E-state index contributed by atoms with van der Waals surface area (Å²) >= 11 is 0. The number of hydrogen-bond acceptors (Lipinski definition) is 3. The summed E-state index contributed by atoms with van der Waals surface area (Å²) in [6.45, 7) is 4.32. The van der Waals surface area contributed by atoms with Crippen molar-refractivity contribution in [2.45, 2.75) is 32.6 Å². The molecule has 1 fully saturated rings. The van der Waals surface area contributed by atoms with Gasteiger partial charge in [-0.3, -0.25) is 0 Å². The average Bonchev–Trinajstić information content (AvgIpc) is 3.40. The summed E-state index contributed by atoms with van der Waals surface area (Å²) in [5.41, 5.74) is 5.41. The Morgan fingerprint density at radius 1 is 1.13 bits per heavy atom. The molecule has 0 amide bonds. The third-order valence-corrected chi connectivity index (χ3v) is 4.37. The van der Waals surface area contributed by atoms with Crippen molar-refractivity contribution >= 4 is 5.97 Å². The fourth-order valence-corrected chi connectivity index (χ4v) is 2.92. The Kier molecular flexibility index (Phi) is 4.37. The lowest BCUT2D eigenvalue weighted by Gasteiger charge is -2.14. The van der Waals surface area contributed by atoms with E-state index in [4.69, 9.17) is 9.47 Å². The van der Waals surface area contributed by atoms with Gasteiger partial charge in [0.2, 0.25) is 0 Å². The number of benzene rings is 2. The minimum atomic E-state index is -0.279. The van der Waals surface area contributed by atoms with E-state index in [0.29, 0.717) is 18.1 Å². The molecule has 23 heavy (non-hydrogen) atoms. The van der Waals surface area contributed by atoms with Crippen LogP contribution in [0.4, 0.5) is 0 Å². The molecule has 0 heterocycles. The van der Waals surface area contributed by atoms with Gasteiger partial charge in [0.25, 0.3) is 0 Å². The number of carbonyl (C=O) groups excluding carboxylic acids is 1. The highest BCUT2D eigenvalue weighted by Crippen LogP contribution is 2.45. The van der Waals surface area contributed by atoms with Gasteiger partial charge in [0.15, 0.2) is 0 Å². The van der Waals surface area contributed by atoms with Crippen LogP contribution in [0.2, 0.25) is 0 Å². The topological polar surface area (TPSA) is 35.5 Å². The zero-order valence-corrected chi connectivity index (χ0v) is 13.9. The Balaban J connectivity index is 1.95. The molecule has 0 unspecified atom stereocenters. The number of carbonyl (C=O) groups is 1. The first kappa shape index (κ1) is 15.6. The van der Waals surface area contributed by atoms with Gasteiger partial charge in [-0.05, 0) is 73.1 Å². The van der Waals surface area contributed by atoms with Gasteiger partial charge in [0, 0.05) is 0 Å². The van der Waals surface area contributed by atoms with Crippen molar-refractivity contribution in [2.24, 2.45) is 0 Å². The number of ether oxygens (including phenoxy) is 2. The van der Waals surface area contributed by atoms with E-state index < -0.39 is 0 Å². The minimum Gasteiger partial charge on any atom is -0.496 e. The molecule has 120 valence electrons. The van der Waals surface area contributed by atoms with Gasteiger partial charge in [0.05, 0.1) is 19.3 Å². The standard InChI is InChI=1S/C20H22O3/c1-4-23-20(21)16-9-5-14(6-10-16)17-11-18(15-7-8-15)13(2)19(12-17)22-3/h5-6,9-12,15H,4,7-8H2,1-3H3. The Hall–Kier alpha value is -2.29. The molecule has 0 aromatic heterocycles. The van der Waals surface area contributed by atoms with E-state index in [1.165, 1.54) is 24.0 Å². The Morgan fingerprint density at radius 3 is 2.39 bits per heavy atom. The molecule has 0 spiro atoms. The van der Waals surface area contributed by atoms with Crippen molar-refractivity contribution in [3.63, 3.8) is 0 Å². The van der Waals surface area contributed by atoms with Crippen molar-refractivity contribution in [3.8, 4) is 16.9 Å². The Labute approximate surface area is 137 Å². The van der Waals surface area contributed by atoms with E-state index in [-0.39, 0.29) is 5.97 Å². The van der Waals surface area contributed by atoms with Crippen LogP contribution in [0.25, 0.3) is 11.1 Å². The van der Waals surface area contributed by atoms with Crippen LogP contribution < -0.4 is 4.74 Å². The summed E-state index contributed by atoms with van der Waals surface area (Å²) in [6, 6.07) is 11.9. The van der Waals surface area contributed by atoms with Crippen LogP contribution in [-0.2, 0) is 4.74 Å². The van der Waals surface area contributed by atoms with Crippen molar-refractivity contribution < 1.29 is 14.3 Å². The number of hydrogen-bond donors (Lipinski definition) is 0. The van der Waals surface area contributed by atoms with E-state index >= 15 is 0 Å². The second kappa shape index (κ2) is 6.45. The molecule has 3 nitrogen and oxygen atoms in total. The first-order valence-corrected chi connectivity index (χ1v) is 8.10. The lowest BCUT2D eigenvalue weighted by atomic mass is 9.95. The molecular formula is C20H22O3. The lowest BCUT2D eigenvalue weighted by Crippen LogP contribution is -2.04. The Bertz CT molecular complexity index is 712. The average molecular weight is 310 g/mol. The molecule has 0 N–H and O–H groups in total. The SMILES string of the molecule is CCOC(=O)c1ccc(-c2cc(OC)c(C)c(C3CC3)c2)cc1. The fourth-order valence-electron chi connectivity index (χ4n) is 2.92. The monoisotopic (exact) mass is 310 g/mol. The first-order chi connectivity index (χ1) is 11.1. The van der Waals surface area contributed by atoms with E-state index in [1.807, 2.05) is 31.2 Å². The van der Waals surface area contributed by atoms with Crippen LogP contribution >= 0.6 is 0 Å². The quantitative estimate of drug-likeness (QED) is 0.749. The molecule has 0 bridgehead atoms. The smallest absolute Gasteiger partial charge is 0.338 e. The first-order valence-electron chi connectivity index (χ1n) is 8.10. The molecule has 0 radical (unpaired) electrons. The summed E-state index contributed by atoms with van der Waals surface area (Å²) in [4.78, 5) is 11.7. The van der Waals surface area contributed by atoms with Crippen LogP contribution in [0.5, 0.6) is 5.75 Å². The second-order valence-corrected chi connectivity index (χ2v) is 5.96. The number of methoxy groups -OCH3 is 1. The summed E-state index contributed by atoms with van der Waals surface area (Å²) in [6.07, 6.45) is 2.52. The summed E-state index contributed by atoms with van der Waals surface area (Å²) in [7, 11) is 1.71. The normalized spacial score (nSPS) is 13.7. The van der Waals surface area contributed by atoms with Crippen molar-refractivity contribution in [1.29, 1.82) is 0 Å². The van der Waals surface area contributed by atoms with Gasteiger partial charge in [-0.1, -0.05) is 18.2 Å². The summed E-state index contributed by atoms with van der Waals surface area (Å²) < 4.78 is 10.6. The molecule has 0 aliphatic heterocycles. The van der Waals surface area contributed by atoms with E-state index in [9.17, 15) is 4.79 Å². The third kappa shape index (κ3) is 3.24. The highest BCUT2D eigenvalue weighted by Gasteiger charge is 2.27. The molecule has 1 aliphatic rings. The maximum atomic E-state index is 11.7. The van der Waals surface area contributed by atoms with Crippen molar-refractivity contribution in [3.05, 3.63) is 53.1 Å². The van der Waals surface area contributed by atoms with Gasteiger partial charge >= 0.3 is 5.97 Å². The van der Waals surface area contributed by atoms with Crippen molar-refractivity contribution in [1.82, 2.24) is 0 Å². The van der Waals surface area contributed by atoms with Crippen LogP contribution in [0, 0.1) is 6.92 Å². The van der Waals surface area contributed by atoms with Gasteiger partial charge in [-0.2, -0.15) is 0 Å². The largest absolute Gasteiger partial charge is 0.496 e. The van der Waals surface area contributed by atoms with Crippen LogP contribution in [0.1, 0.15) is 47.2 Å². The maximum Gasteiger partial charge on any atom is 0.338 e. The van der Waals surface area contributed by atoms with E-state index in [0.717, 1.165) is 16.9 Å². The van der Waals surface area contributed by atoms with Gasteiger partial charge in [-0.25, -0.2) is 4.79 Å². The highest BCUT2D eigenvalue weighted by molar-refractivity contribution is 5.90. The zero-order chi connectivity index (χ0) is 16.4. The molecule has 1 saturated carbocycles. The fraction of sp³-hybridized carbons (Fsp3) is 0.350. The minimum absolute atomic E-state index is 0.279. The predicted molar refractivity (Wildman–Crippen MR) is 91.1 cm³/mol. The predicted octanol–water partition coefficient (Wildman–Crippen LogP) is 4.72. The number of rotatable bonds is 5. The van der Waals surface area contributed by atoms with E-state index in [2.05, 4.69) is 19.1 Å². The molecular weight excluding hydrogens is 288 g/mol. The molecule has 0 saturated heterocycles. The van der Waals surface area contributed by atoms with Crippen LogP contribution in [0.3, 0.4) is 0 Å². The lowest BCUT2D eigenvalue weighted by molar-refractivity contribution is 0.0526. The summed E-state index contributed by atoms with van der Waals surface area (Å²) in [5.74, 6) is 1.32. The van der Waals surface area contributed by atoms with Crippen molar-refractivity contribution in [2.75, 3.05) is 13.7 Å². The van der Waals surface area contributed by atoms with Crippen LogP contribution in [0.15, 0.2) is 36.4 Å². The molecule has 1 aliphatic carbocycles. The molecule has 2 aromatic carbocycles. The summed E-state index contributed by atoms with van der Waals surface area (Å²) in [5, 5.41) is 0. The van der Waals surface area contributed by atoms with Gasteiger partial charge in [-0.15, -0.1) is 0 Å². The molecule has 2 aromatic rings. The maximum absolute atomic E-state index is 11.7. The Morgan fingerprint density at radius 2 is 1.83 bits per heavy atom. The zero-order valence-electron chi connectivity index (χ0n) is 13.9. The molecule has 0 atom stereocenters. The second-order valence-electron chi connectivity index (χ2n) is 5.96. The molecule has 3 heteroatoms. The number of esters is 1. The van der Waals surface area contributed by atoms with Gasteiger partial charge < -0.3 is 9.47 Å².